The molecule has 0 aliphatic heterocycles. The minimum absolute atomic E-state index is 0.161. The van der Waals surface area contributed by atoms with Gasteiger partial charge in [0.2, 0.25) is 5.88 Å². The average Bonchev–Trinajstić information content (AvgIpc) is 3.19. The zero-order chi connectivity index (χ0) is 25.5. The first-order chi connectivity index (χ1) is 17.5. The summed E-state index contributed by atoms with van der Waals surface area (Å²) in [6, 6.07) is 24.5. The van der Waals surface area contributed by atoms with Crippen molar-refractivity contribution in [3.8, 4) is 23.1 Å². The summed E-state index contributed by atoms with van der Waals surface area (Å²) < 4.78 is 13.4. The topological polar surface area (TPSA) is 68.6 Å². The van der Waals surface area contributed by atoms with E-state index in [4.69, 9.17) is 26.2 Å². The molecule has 4 rings (SSSR count). The van der Waals surface area contributed by atoms with Crippen molar-refractivity contribution in [2.45, 2.75) is 26.9 Å². The molecule has 0 saturated carbocycles. The van der Waals surface area contributed by atoms with Crippen LogP contribution in [0.4, 0.5) is 4.79 Å². The van der Waals surface area contributed by atoms with E-state index in [1.165, 1.54) is 0 Å². The van der Waals surface area contributed by atoms with Crippen LogP contribution in [-0.4, -0.2) is 34.4 Å². The minimum Gasteiger partial charge on any atom is -0.497 e. The molecule has 0 aliphatic rings. The van der Waals surface area contributed by atoms with Gasteiger partial charge in [0, 0.05) is 18.1 Å². The number of hydrogen-bond donors (Lipinski definition) is 1. The predicted octanol–water partition coefficient (Wildman–Crippen LogP) is 6.37. The number of hydrogen-bond acceptors (Lipinski definition) is 4. The number of carbonyl (C=O) groups is 1. The van der Waals surface area contributed by atoms with Crippen molar-refractivity contribution < 1.29 is 14.3 Å². The molecule has 8 heteroatoms. The lowest BCUT2D eigenvalue weighted by atomic mass is 10.2. The van der Waals surface area contributed by atoms with E-state index in [1.807, 2.05) is 92.7 Å². The van der Waals surface area contributed by atoms with Gasteiger partial charge in [0.05, 0.1) is 30.6 Å². The summed E-state index contributed by atoms with van der Waals surface area (Å²) in [7, 11) is 1.62. The molecule has 0 bridgehead atoms. The maximum atomic E-state index is 13.0. The number of nitrogens with one attached hydrogen (secondary N) is 1. The Balaban J connectivity index is 1.75. The van der Waals surface area contributed by atoms with Gasteiger partial charge in [-0.3, -0.25) is 0 Å². The summed E-state index contributed by atoms with van der Waals surface area (Å²) in [6.45, 7) is 5.09. The Morgan fingerprint density at radius 1 is 1.00 bits per heavy atom. The van der Waals surface area contributed by atoms with Crippen LogP contribution < -0.4 is 14.8 Å². The molecule has 1 N–H and O–H groups in total. The Morgan fingerprint density at radius 2 is 1.72 bits per heavy atom. The fraction of sp³-hybridized carbons (Fsp3) is 0.214. The number of carbonyl (C=O) groups excluding carboxylic acids is 1. The first kappa shape index (κ1) is 25.1. The number of ether oxygens (including phenoxy) is 2. The summed E-state index contributed by atoms with van der Waals surface area (Å²) in [6.07, 6.45) is 0. The van der Waals surface area contributed by atoms with E-state index in [-0.39, 0.29) is 6.03 Å². The summed E-state index contributed by atoms with van der Waals surface area (Å²) in [5, 5.41) is 8.28. The average molecular weight is 505 g/mol. The van der Waals surface area contributed by atoms with Gasteiger partial charge in [-0.25, -0.2) is 9.48 Å². The van der Waals surface area contributed by atoms with E-state index in [1.54, 1.807) is 16.7 Å². The largest absolute Gasteiger partial charge is 0.497 e. The third-order valence-corrected chi connectivity index (χ3v) is 5.88. The highest BCUT2D eigenvalue weighted by atomic mass is 35.5. The molecule has 0 spiro atoms. The summed E-state index contributed by atoms with van der Waals surface area (Å²) in [5.74, 6) is 1.86. The highest BCUT2D eigenvalue weighted by molar-refractivity contribution is 6.30. The van der Waals surface area contributed by atoms with Crippen LogP contribution in [0.1, 0.15) is 23.7 Å². The Kier molecular flexibility index (Phi) is 8.13. The van der Waals surface area contributed by atoms with Gasteiger partial charge >= 0.3 is 6.03 Å². The summed E-state index contributed by atoms with van der Waals surface area (Å²) in [4.78, 5) is 14.8. The predicted molar refractivity (Wildman–Crippen MR) is 141 cm³/mol. The van der Waals surface area contributed by atoms with Gasteiger partial charge < -0.3 is 19.7 Å². The zero-order valence-corrected chi connectivity index (χ0v) is 21.3. The summed E-state index contributed by atoms with van der Waals surface area (Å²) >= 11 is 6.28. The van der Waals surface area contributed by atoms with Gasteiger partial charge in [-0.2, -0.15) is 5.10 Å². The first-order valence-corrected chi connectivity index (χ1v) is 12.1. The Labute approximate surface area is 216 Å². The van der Waals surface area contributed by atoms with Gasteiger partial charge in [-0.15, -0.1) is 0 Å². The number of aromatic nitrogens is 2. The number of halogens is 1. The van der Waals surface area contributed by atoms with Crippen molar-refractivity contribution in [1.29, 1.82) is 0 Å². The zero-order valence-electron chi connectivity index (χ0n) is 20.6. The second-order valence-electron chi connectivity index (χ2n) is 8.22. The molecule has 36 heavy (non-hydrogen) atoms. The molecule has 0 radical (unpaired) electrons. The summed E-state index contributed by atoms with van der Waals surface area (Å²) in [5.41, 5.74) is 3.34. The second-order valence-corrected chi connectivity index (χ2v) is 8.65. The van der Waals surface area contributed by atoms with Crippen molar-refractivity contribution in [1.82, 2.24) is 20.0 Å². The maximum absolute atomic E-state index is 13.0. The van der Waals surface area contributed by atoms with Gasteiger partial charge in [0.1, 0.15) is 11.5 Å². The second kappa shape index (κ2) is 11.6. The van der Waals surface area contributed by atoms with Crippen LogP contribution in [0, 0.1) is 6.92 Å². The van der Waals surface area contributed by atoms with Crippen molar-refractivity contribution >= 4 is 17.6 Å². The van der Waals surface area contributed by atoms with Crippen LogP contribution in [0.3, 0.4) is 0 Å². The number of urea groups is 1. The third-order valence-electron chi connectivity index (χ3n) is 5.64. The maximum Gasteiger partial charge on any atom is 0.317 e. The van der Waals surface area contributed by atoms with Crippen molar-refractivity contribution in [2.24, 2.45) is 0 Å². The number of nitrogens with zero attached hydrogens (tertiary/aromatic N) is 3. The number of methoxy groups -OCH3 is 1. The van der Waals surface area contributed by atoms with E-state index in [0.29, 0.717) is 36.3 Å². The Hall–Kier alpha value is -3.97. The normalized spacial score (nSPS) is 10.7. The van der Waals surface area contributed by atoms with Crippen LogP contribution in [0.25, 0.3) is 5.69 Å². The van der Waals surface area contributed by atoms with E-state index < -0.39 is 0 Å². The molecule has 0 atom stereocenters. The van der Waals surface area contributed by atoms with Gasteiger partial charge in [0.25, 0.3) is 0 Å². The fourth-order valence-electron chi connectivity index (χ4n) is 3.82. The molecule has 7 nitrogen and oxygen atoms in total. The van der Waals surface area contributed by atoms with E-state index in [2.05, 4.69) is 5.32 Å². The molecule has 0 fully saturated rings. The number of aryl methyl sites for hydroxylation is 1. The van der Waals surface area contributed by atoms with Crippen LogP contribution >= 0.6 is 11.6 Å². The smallest absolute Gasteiger partial charge is 0.317 e. The lowest BCUT2D eigenvalue weighted by Crippen LogP contribution is -2.39. The first-order valence-electron chi connectivity index (χ1n) is 11.7. The fourth-order valence-corrected chi connectivity index (χ4v) is 4.01. The lowest BCUT2D eigenvalue weighted by Gasteiger charge is -2.23. The van der Waals surface area contributed by atoms with Gasteiger partial charge in [-0.05, 0) is 61.9 Å². The van der Waals surface area contributed by atoms with Crippen LogP contribution in [0.5, 0.6) is 17.4 Å². The number of amides is 2. The van der Waals surface area contributed by atoms with E-state index in [9.17, 15) is 4.79 Å². The molecular formula is C28H29ClN4O3. The molecule has 0 saturated heterocycles. The monoisotopic (exact) mass is 504 g/mol. The van der Waals surface area contributed by atoms with Crippen LogP contribution in [0.2, 0.25) is 5.02 Å². The highest BCUT2D eigenvalue weighted by Crippen LogP contribution is 2.33. The van der Waals surface area contributed by atoms with Crippen LogP contribution in [0.15, 0.2) is 78.9 Å². The van der Waals surface area contributed by atoms with Crippen molar-refractivity contribution in [2.75, 3.05) is 13.7 Å². The molecule has 2 amide bonds. The highest BCUT2D eigenvalue weighted by Gasteiger charge is 2.24. The number of benzene rings is 3. The molecule has 4 aromatic rings. The van der Waals surface area contributed by atoms with E-state index in [0.717, 1.165) is 28.3 Å². The molecule has 186 valence electrons. The van der Waals surface area contributed by atoms with Crippen molar-refractivity contribution in [3.05, 3.63) is 101 Å². The molecule has 0 unspecified atom stereocenters. The minimum atomic E-state index is -0.161. The third kappa shape index (κ3) is 5.98. The lowest BCUT2D eigenvalue weighted by molar-refractivity contribution is 0.192. The Morgan fingerprint density at radius 3 is 2.39 bits per heavy atom. The molecule has 0 aliphatic carbocycles. The molecular weight excluding hydrogens is 476 g/mol. The van der Waals surface area contributed by atoms with E-state index >= 15 is 0 Å². The standard InChI is InChI=1S/C28H29ClN4O3/c1-4-30-28(34)32(18-21-9-6-5-7-10-21)19-26-20(2)31-33(23-12-8-11-22(29)17-23)27(26)36-25-15-13-24(35-3)14-16-25/h5-17H,4,18-19H2,1-3H3,(H,30,34). The Bertz CT molecular complexity index is 1310. The van der Waals surface area contributed by atoms with Gasteiger partial charge in [0.15, 0.2) is 0 Å². The van der Waals surface area contributed by atoms with Gasteiger partial charge in [-0.1, -0.05) is 48.0 Å². The van der Waals surface area contributed by atoms with Crippen LogP contribution in [-0.2, 0) is 13.1 Å². The molecule has 1 aromatic heterocycles. The van der Waals surface area contributed by atoms with Crippen molar-refractivity contribution in [3.63, 3.8) is 0 Å². The molecule has 3 aromatic carbocycles. The SMILES string of the molecule is CCNC(=O)N(Cc1ccccc1)Cc1c(C)nn(-c2cccc(Cl)c2)c1Oc1ccc(OC)cc1. The molecule has 1 heterocycles. The quantitative estimate of drug-likeness (QED) is 0.287. The number of rotatable bonds is 9.